The number of nitrogens with one attached hydrogen (secondary N) is 4. The highest BCUT2D eigenvalue weighted by Gasteiger charge is 2.08. The lowest BCUT2D eigenvalue weighted by molar-refractivity contribution is -0.0498. The number of anilines is 6. The van der Waals surface area contributed by atoms with Crippen LogP contribution in [-0.4, -0.2) is 22.6 Å². The first-order valence-electron chi connectivity index (χ1n) is 11.0. The van der Waals surface area contributed by atoms with Crippen LogP contribution < -0.4 is 26.0 Å². The Hall–Kier alpha value is -4.73. The van der Waals surface area contributed by atoms with E-state index >= 15 is 0 Å². The number of aryl methyl sites for hydroxylation is 2. The fourth-order valence-electron chi connectivity index (χ4n) is 3.31. The zero-order valence-corrected chi connectivity index (χ0v) is 19.5. The van der Waals surface area contributed by atoms with E-state index in [-0.39, 0.29) is 5.75 Å². The molecule has 184 valence electrons. The zero-order chi connectivity index (χ0) is 25.5. The van der Waals surface area contributed by atoms with Crippen LogP contribution in [0.2, 0.25) is 0 Å². The maximum absolute atomic E-state index is 12.4. The SMILES string of the molecule is Cc1ccc(Nc2cc(Nc3ccc(NC(=O)Nc4cccc(OC(F)F)c4)cc3)nc(C)n2)cc1. The first-order valence-corrected chi connectivity index (χ1v) is 11.0. The number of aromatic nitrogens is 2. The van der Waals surface area contributed by atoms with E-state index in [9.17, 15) is 13.6 Å². The lowest BCUT2D eigenvalue weighted by atomic mass is 10.2. The number of nitrogens with zero attached hydrogens (tertiary/aromatic N) is 2. The van der Waals surface area contributed by atoms with E-state index in [0.29, 0.717) is 28.8 Å². The molecule has 1 aromatic heterocycles. The molecule has 8 nitrogen and oxygen atoms in total. The Bertz CT molecular complexity index is 1330. The van der Waals surface area contributed by atoms with Gasteiger partial charge in [0.05, 0.1) is 0 Å². The van der Waals surface area contributed by atoms with Crippen LogP contribution in [0, 0.1) is 13.8 Å². The number of urea groups is 1. The van der Waals surface area contributed by atoms with Gasteiger partial charge in [0, 0.05) is 34.9 Å². The number of halogens is 2. The van der Waals surface area contributed by atoms with Crippen LogP contribution >= 0.6 is 0 Å². The van der Waals surface area contributed by atoms with Crippen molar-refractivity contribution in [3.8, 4) is 5.75 Å². The third kappa shape index (κ3) is 7.13. The molecule has 0 unspecified atom stereocenters. The molecule has 4 N–H and O–H groups in total. The smallest absolute Gasteiger partial charge is 0.387 e. The summed E-state index contributed by atoms with van der Waals surface area (Å²) in [5.74, 6) is 1.83. The van der Waals surface area contributed by atoms with Crippen molar-refractivity contribution >= 4 is 40.4 Å². The van der Waals surface area contributed by atoms with Crippen LogP contribution in [-0.2, 0) is 0 Å². The average Bonchev–Trinajstić information content (AvgIpc) is 2.81. The van der Waals surface area contributed by atoms with Gasteiger partial charge < -0.3 is 26.0 Å². The van der Waals surface area contributed by atoms with Gasteiger partial charge in [0.2, 0.25) is 0 Å². The molecule has 10 heteroatoms. The van der Waals surface area contributed by atoms with Gasteiger partial charge in [-0.25, -0.2) is 14.8 Å². The minimum Gasteiger partial charge on any atom is -0.435 e. The zero-order valence-electron chi connectivity index (χ0n) is 19.5. The van der Waals surface area contributed by atoms with Crippen molar-refractivity contribution in [2.75, 3.05) is 21.3 Å². The summed E-state index contributed by atoms with van der Waals surface area (Å²) in [6.45, 7) is 0.900. The van der Waals surface area contributed by atoms with Crippen molar-refractivity contribution in [3.05, 3.63) is 90.3 Å². The molecule has 0 saturated heterocycles. The van der Waals surface area contributed by atoms with Gasteiger partial charge in [-0.05, 0) is 62.4 Å². The summed E-state index contributed by atoms with van der Waals surface area (Å²) in [5.41, 5.74) is 3.71. The van der Waals surface area contributed by atoms with Crippen molar-refractivity contribution in [3.63, 3.8) is 0 Å². The number of alkyl halides is 2. The maximum atomic E-state index is 12.4. The standard InChI is InChI=1S/C26H24F2N6O2/c1-16-6-8-18(9-7-16)31-23-15-24(30-17(2)29-23)32-19-10-12-20(13-11-19)33-26(35)34-21-4-3-5-22(14-21)36-25(27)28/h3-15,25H,1-2H3,(H2,33,34,35)(H2,29,30,31,32). The molecule has 36 heavy (non-hydrogen) atoms. The van der Waals surface area contributed by atoms with E-state index in [1.807, 2.05) is 38.1 Å². The highest BCUT2D eigenvalue weighted by atomic mass is 19.3. The summed E-state index contributed by atoms with van der Waals surface area (Å²) >= 11 is 0. The second kappa shape index (κ2) is 11.1. The number of rotatable bonds is 8. The monoisotopic (exact) mass is 490 g/mol. The number of amides is 2. The van der Waals surface area contributed by atoms with Gasteiger partial charge in [-0.1, -0.05) is 23.8 Å². The molecule has 0 aliphatic rings. The Morgan fingerprint density at radius 3 is 1.92 bits per heavy atom. The van der Waals surface area contributed by atoms with Crippen LogP contribution in [0.15, 0.2) is 78.9 Å². The van der Waals surface area contributed by atoms with Crippen molar-refractivity contribution in [2.24, 2.45) is 0 Å². The molecule has 4 rings (SSSR count). The molecule has 0 fully saturated rings. The van der Waals surface area contributed by atoms with Crippen molar-refractivity contribution in [1.82, 2.24) is 9.97 Å². The van der Waals surface area contributed by atoms with Crippen molar-refractivity contribution in [2.45, 2.75) is 20.5 Å². The fraction of sp³-hybridized carbons (Fsp3) is 0.115. The van der Waals surface area contributed by atoms with Crippen LogP contribution in [0.4, 0.5) is 48.0 Å². The van der Waals surface area contributed by atoms with E-state index in [0.717, 1.165) is 11.4 Å². The highest BCUT2D eigenvalue weighted by Crippen LogP contribution is 2.23. The summed E-state index contributed by atoms with van der Waals surface area (Å²) in [6, 6.07) is 22.1. The molecule has 0 aliphatic carbocycles. The first-order chi connectivity index (χ1) is 17.3. The van der Waals surface area contributed by atoms with Crippen LogP contribution in [0.1, 0.15) is 11.4 Å². The quantitative estimate of drug-likeness (QED) is 0.216. The summed E-state index contributed by atoms with van der Waals surface area (Å²) in [7, 11) is 0. The number of benzene rings is 3. The first kappa shape index (κ1) is 24.4. The molecule has 2 amide bonds. The molecule has 3 aromatic carbocycles. The second-order valence-electron chi connectivity index (χ2n) is 7.86. The molecule has 0 atom stereocenters. The normalized spacial score (nSPS) is 10.6. The minimum absolute atomic E-state index is 0.0459. The van der Waals surface area contributed by atoms with Gasteiger partial charge >= 0.3 is 12.6 Å². The Labute approximate surface area is 206 Å². The van der Waals surface area contributed by atoms with E-state index < -0.39 is 12.6 Å². The van der Waals surface area contributed by atoms with Crippen molar-refractivity contribution in [1.29, 1.82) is 0 Å². The van der Waals surface area contributed by atoms with Crippen LogP contribution in [0.3, 0.4) is 0 Å². The van der Waals surface area contributed by atoms with Gasteiger partial charge in [0.1, 0.15) is 23.2 Å². The Kier molecular flexibility index (Phi) is 7.54. The maximum Gasteiger partial charge on any atom is 0.387 e. The van der Waals surface area contributed by atoms with E-state index in [1.165, 1.54) is 23.8 Å². The number of carbonyl (C=O) groups excluding carboxylic acids is 1. The molecule has 0 bridgehead atoms. The van der Waals surface area contributed by atoms with E-state index in [2.05, 4.69) is 36.0 Å². The fourth-order valence-corrected chi connectivity index (χ4v) is 3.31. The summed E-state index contributed by atoms with van der Waals surface area (Å²) in [4.78, 5) is 21.1. The Morgan fingerprint density at radius 1 is 0.750 bits per heavy atom. The van der Waals surface area contributed by atoms with Gasteiger partial charge in [-0.3, -0.25) is 0 Å². The topological polar surface area (TPSA) is 100 Å². The number of carbonyl (C=O) groups is 1. The van der Waals surface area contributed by atoms with E-state index in [1.54, 1.807) is 36.4 Å². The number of hydrogen-bond donors (Lipinski definition) is 4. The second-order valence-corrected chi connectivity index (χ2v) is 7.86. The summed E-state index contributed by atoms with van der Waals surface area (Å²) < 4.78 is 29.1. The third-order valence-corrected chi connectivity index (χ3v) is 4.89. The summed E-state index contributed by atoms with van der Waals surface area (Å²) in [6.07, 6.45) is 0. The Morgan fingerprint density at radius 2 is 1.31 bits per heavy atom. The highest BCUT2D eigenvalue weighted by molar-refractivity contribution is 5.99. The van der Waals surface area contributed by atoms with Gasteiger partial charge in [-0.15, -0.1) is 0 Å². The molecule has 0 radical (unpaired) electrons. The molecule has 0 aliphatic heterocycles. The van der Waals surface area contributed by atoms with Crippen LogP contribution in [0.25, 0.3) is 0 Å². The summed E-state index contributed by atoms with van der Waals surface area (Å²) in [5, 5.41) is 11.8. The molecule has 0 spiro atoms. The molecule has 0 saturated carbocycles. The predicted octanol–water partition coefficient (Wildman–Crippen LogP) is 6.83. The lowest BCUT2D eigenvalue weighted by Gasteiger charge is -2.12. The number of hydrogen-bond acceptors (Lipinski definition) is 6. The largest absolute Gasteiger partial charge is 0.435 e. The molecular formula is C26H24F2N6O2. The third-order valence-electron chi connectivity index (χ3n) is 4.89. The van der Waals surface area contributed by atoms with Crippen LogP contribution in [0.5, 0.6) is 5.75 Å². The molecular weight excluding hydrogens is 466 g/mol. The lowest BCUT2D eigenvalue weighted by Crippen LogP contribution is -2.19. The van der Waals surface area contributed by atoms with Crippen molar-refractivity contribution < 1.29 is 18.3 Å². The van der Waals surface area contributed by atoms with Gasteiger partial charge in [-0.2, -0.15) is 8.78 Å². The predicted molar refractivity (Wildman–Crippen MR) is 137 cm³/mol. The minimum atomic E-state index is -2.94. The van der Waals surface area contributed by atoms with Gasteiger partial charge in [0.15, 0.2) is 0 Å². The van der Waals surface area contributed by atoms with Gasteiger partial charge in [0.25, 0.3) is 0 Å². The molecule has 1 heterocycles. The Balaban J connectivity index is 1.36. The average molecular weight is 491 g/mol. The molecule has 4 aromatic rings. The van der Waals surface area contributed by atoms with E-state index in [4.69, 9.17) is 0 Å². The number of ether oxygens (including phenoxy) is 1.